The minimum atomic E-state index is -0.451. The summed E-state index contributed by atoms with van der Waals surface area (Å²) in [6, 6.07) is 12.0. The van der Waals surface area contributed by atoms with Crippen molar-refractivity contribution in [2.45, 2.75) is 6.92 Å². The van der Waals surface area contributed by atoms with E-state index in [1.807, 2.05) is 0 Å². The number of hydrazine groups is 1. The molecule has 128 valence electrons. The van der Waals surface area contributed by atoms with Crippen molar-refractivity contribution in [2.75, 3.05) is 7.11 Å². The number of nitrogens with two attached hydrogens (primary N) is 1. The Bertz CT molecular complexity index is 995. The number of methoxy groups -OCH3 is 1. The number of carbonyl (C=O) groups is 2. The first-order valence-corrected chi connectivity index (χ1v) is 7.86. The highest BCUT2D eigenvalue weighted by atomic mass is 35.5. The Kier molecular flexibility index (Phi) is 4.48. The molecule has 3 aromatic rings. The summed E-state index contributed by atoms with van der Waals surface area (Å²) in [6.07, 6.45) is 0. The summed E-state index contributed by atoms with van der Waals surface area (Å²) in [4.78, 5) is 25.2. The van der Waals surface area contributed by atoms with Crippen LogP contribution in [0.3, 0.4) is 0 Å². The minimum Gasteiger partial charge on any atom is -0.495 e. The van der Waals surface area contributed by atoms with Gasteiger partial charge >= 0.3 is 0 Å². The first-order valence-electron chi connectivity index (χ1n) is 7.48. The van der Waals surface area contributed by atoms with Gasteiger partial charge in [-0.2, -0.15) is 0 Å². The number of hydrogen-bond acceptors (Lipinski definition) is 4. The highest BCUT2D eigenvalue weighted by Crippen LogP contribution is 2.29. The number of aromatic nitrogens is 1. The van der Waals surface area contributed by atoms with Gasteiger partial charge in [-0.3, -0.25) is 19.6 Å². The zero-order valence-corrected chi connectivity index (χ0v) is 14.4. The van der Waals surface area contributed by atoms with Gasteiger partial charge in [0.1, 0.15) is 5.75 Å². The van der Waals surface area contributed by atoms with Gasteiger partial charge in [0.05, 0.1) is 23.2 Å². The van der Waals surface area contributed by atoms with Crippen molar-refractivity contribution in [2.24, 2.45) is 5.84 Å². The lowest BCUT2D eigenvalue weighted by Crippen LogP contribution is -2.30. The van der Waals surface area contributed by atoms with Crippen LogP contribution in [0.2, 0.25) is 5.02 Å². The molecule has 2 aromatic carbocycles. The molecular formula is C18H16ClN3O3. The molecule has 0 fully saturated rings. The number of nitrogens with one attached hydrogen (secondary N) is 1. The molecule has 1 aromatic heterocycles. The molecule has 0 aliphatic heterocycles. The maximum absolute atomic E-state index is 13.1. The van der Waals surface area contributed by atoms with E-state index in [9.17, 15) is 9.59 Å². The Morgan fingerprint density at radius 1 is 1.20 bits per heavy atom. The Morgan fingerprint density at radius 3 is 2.56 bits per heavy atom. The molecule has 0 unspecified atom stereocenters. The Labute approximate surface area is 149 Å². The molecule has 1 heterocycles. The van der Waals surface area contributed by atoms with Crippen LogP contribution in [0.1, 0.15) is 26.4 Å². The first kappa shape index (κ1) is 17.0. The van der Waals surface area contributed by atoms with E-state index in [0.29, 0.717) is 38.5 Å². The van der Waals surface area contributed by atoms with E-state index < -0.39 is 5.91 Å². The largest absolute Gasteiger partial charge is 0.495 e. The van der Waals surface area contributed by atoms with Crippen LogP contribution in [0.15, 0.2) is 42.5 Å². The number of nitrogen functional groups attached to an aromatic ring is 1. The zero-order valence-electron chi connectivity index (χ0n) is 13.7. The maximum atomic E-state index is 13.1. The average molecular weight is 358 g/mol. The third-order valence-electron chi connectivity index (χ3n) is 4.07. The summed E-state index contributed by atoms with van der Waals surface area (Å²) in [5.41, 5.74) is 4.00. The molecule has 3 rings (SSSR count). The fraction of sp³-hybridized carbons (Fsp3) is 0.111. The molecule has 0 bridgehead atoms. The number of nitrogens with zero attached hydrogens (tertiary/aromatic N) is 1. The van der Waals surface area contributed by atoms with Crippen molar-refractivity contribution in [3.05, 3.63) is 64.3 Å². The lowest BCUT2D eigenvalue weighted by atomic mass is 10.1. The van der Waals surface area contributed by atoms with Gasteiger partial charge in [-0.1, -0.05) is 29.8 Å². The molecule has 0 aliphatic rings. The summed E-state index contributed by atoms with van der Waals surface area (Å²) >= 11 is 6.13. The van der Waals surface area contributed by atoms with Crippen molar-refractivity contribution in [3.63, 3.8) is 0 Å². The molecule has 0 saturated heterocycles. The van der Waals surface area contributed by atoms with E-state index in [-0.39, 0.29) is 5.91 Å². The van der Waals surface area contributed by atoms with Crippen molar-refractivity contribution in [1.82, 2.24) is 9.99 Å². The standard InChI is InChI=1S/C18H16ClN3O3/c1-10-16(17(23)21-20)12-5-3-4-6-14(12)22(10)18(24)11-7-8-15(25-2)13(19)9-11/h3-9H,20H2,1-2H3,(H,21,23). The molecule has 0 spiro atoms. The van der Waals surface area contributed by atoms with Crippen LogP contribution in [0.25, 0.3) is 10.9 Å². The summed E-state index contributed by atoms with van der Waals surface area (Å²) in [6.45, 7) is 1.70. The molecule has 3 N–H and O–H groups in total. The number of para-hydroxylation sites is 1. The van der Waals surface area contributed by atoms with Gasteiger partial charge in [0.25, 0.3) is 11.8 Å². The number of benzene rings is 2. The Hall–Kier alpha value is -2.83. The number of carbonyl (C=O) groups excluding carboxylic acids is 2. The lowest BCUT2D eigenvalue weighted by Gasteiger charge is -2.09. The van der Waals surface area contributed by atoms with Gasteiger partial charge in [-0.15, -0.1) is 0 Å². The average Bonchev–Trinajstić information content (AvgIpc) is 2.92. The number of halogens is 1. The normalized spacial score (nSPS) is 10.7. The van der Waals surface area contributed by atoms with Gasteiger partial charge in [-0.25, -0.2) is 5.84 Å². The summed E-state index contributed by atoms with van der Waals surface area (Å²) < 4.78 is 6.60. The van der Waals surface area contributed by atoms with Crippen molar-refractivity contribution >= 4 is 34.3 Å². The van der Waals surface area contributed by atoms with E-state index in [4.69, 9.17) is 22.2 Å². The molecule has 25 heavy (non-hydrogen) atoms. The summed E-state index contributed by atoms with van der Waals surface area (Å²) in [7, 11) is 1.50. The number of ether oxygens (including phenoxy) is 1. The number of hydrogen-bond donors (Lipinski definition) is 2. The quantitative estimate of drug-likeness (QED) is 0.428. The van der Waals surface area contributed by atoms with Crippen LogP contribution in [-0.4, -0.2) is 23.5 Å². The van der Waals surface area contributed by atoms with Gasteiger partial charge in [-0.05, 0) is 31.2 Å². The van der Waals surface area contributed by atoms with Crippen molar-refractivity contribution in [1.29, 1.82) is 0 Å². The van der Waals surface area contributed by atoms with Crippen LogP contribution < -0.4 is 16.0 Å². The molecule has 7 heteroatoms. The third kappa shape index (κ3) is 2.75. The number of fused-ring (bicyclic) bond motifs is 1. The van der Waals surface area contributed by atoms with E-state index in [0.717, 1.165) is 0 Å². The Morgan fingerprint density at radius 2 is 1.92 bits per heavy atom. The molecule has 0 atom stereocenters. The van der Waals surface area contributed by atoms with Crippen molar-refractivity contribution in [3.8, 4) is 5.75 Å². The van der Waals surface area contributed by atoms with Crippen LogP contribution >= 0.6 is 11.6 Å². The van der Waals surface area contributed by atoms with E-state index in [1.165, 1.54) is 11.7 Å². The predicted molar refractivity (Wildman–Crippen MR) is 96.1 cm³/mol. The second kappa shape index (κ2) is 6.58. The number of amides is 1. The predicted octanol–water partition coefficient (Wildman–Crippen LogP) is 2.90. The SMILES string of the molecule is COc1ccc(C(=O)n2c(C)c(C(=O)NN)c3ccccc32)cc1Cl. The second-order valence-corrected chi connectivity index (χ2v) is 5.85. The summed E-state index contributed by atoms with van der Waals surface area (Å²) in [5.74, 6) is 5.02. The van der Waals surface area contributed by atoms with Gasteiger partial charge in [0.15, 0.2) is 0 Å². The van der Waals surface area contributed by atoms with E-state index in [1.54, 1.807) is 49.4 Å². The molecular weight excluding hydrogens is 342 g/mol. The molecule has 6 nitrogen and oxygen atoms in total. The van der Waals surface area contributed by atoms with Gasteiger partial charge < -0.3 is 4.74 Å². The van der Waals surface area contributed by atoms with Crippen LogP contribution in [0, 0.1) is 6.92 Å². The molecule has 0 saturated carbocycles. The Balaban J connectivity index is 2.22. The topological polar surface area (TPSA) is 86.3 Å². The van der Waals surface area contributed by atoms with Crippen LogP contribution in [-0.2, 0) is 0 Å². The molecule has 0 aliphatic carbocycles. The van der Waals surface area contributed by atoms with E-state index in [2.05, 4.69) is 5.43 Å². The fourth-order valence-electron chi connectivity index (χ4n) is 2.92. The highest BCUT2D eigenvalue weighted by Gasteiger charge is 2.23. The summed E-state index contributed by atoms with van der Waals surface area (Å²) in [5, 5.41) is 0.985. The van der Waals surface area contributed by atoms with E-state index >= 15 is 0 Å². The van der Waals surface area contributed by atoms with Crippen LogP contribution in [0.5, 0.6) is 5.75 Å². The first-order chi connectivity index (χ1) is 12.0. The minimum absolute atomic E-state index is 0.297. The molecule has 1 amide bonds. The monoisotopic (exact) mass is 357 g/mol. The highest BCUT2D eigenvalue weighted by molar-refractivity contribution is 6.32. The smallest absolute Gasteiger partial charge is 0.267 e. The number of rotatable bonds is 3. The fourth-order valence-corrected chi connectivity index (χ4v) is 3.17. The maximum Gasteiger partial charge on any atom is 0.267 e. The lowest BCUT2D eigenvalue weighted by molar-refractivity contribution is 0.0954. The zero-order chi connectivity index (χ0) is 18.1. The third-order valence-corrected chi connectivity index (χ3v) is 4.37. The van der Waals surface area contributed by atoms with Crippen molar-refractivity contribution < 1.29 is 14.3 Å². The molecule has 0 radical (unpaired) electrons. The second-order valence-electron chi connectivity index (χ2n) is 5.44. The van der Waals surface area contributed by atoms with Gasteiger partial charge in [0, 0.05) is 16.6 Å². The van der Waals surface area contributed by atoms with Gasteiger partial charge in [0.2, 0.25) is 0 Å². The van der Waals surface area contributed by atoms with Crippen LogP contribution in [0.4, 0.5) is 0 Å².